The standard InChI is InChI=1S/C7H11NO7/c8-3(1-5(11)12)6(13)15-7(14)4(10)2-9/h3-4,9-10H,1-2,8H2,(H,11,12). The second-order valence-corrected chi connectivity index (χ2v) is 2.64. The number of hydrogen-bond donors (Lipinski definition) is 4. The van der Waals surface area contributed by atoms with E-state index in [0.29, 0.717) is 0 Å². The van der Waals surface area contributed by atoms with Crippen molar-refractivity contribution in [3.05, 3.63) is 0 Å². The van der Waals surface area contributed by atoms with Crippen molar-refractivity contribution in [3.63, 3.8) is 0 Å². The number of esters is 2. The Balaban J connectivity index is 4.13. The molecule has 0 aromatic rings. The van der Waals surface area contributed by atoms with E-state index in [1.165, 1.54) is 0 Å². The minimum absolute atomic E-state index is 0.693. The van der Waals surface area contributed by atoms with Crippen LogP contribution in [-0.2, 0) is 19.1 Å². The van der Waals surface area contributed by atoms with Gasteiger partial charge in [0.05, 0.1) is 13.0 Å². The normalized spacial score (nSPS) is 14.1. The van der Waals surface area contributed by atoms with Crippen LogP contribution < -0.4 is 5.73 Å². The predicted molar refractivity (Wildman–Crippen MR) is 44.4 cm³/mol. The number of aliphatic carboxylic acids is 1. The highest BCUT2D eigenvalue weighted by molar-refractivity contribution is 5.91. The average Bonchev–Trinajstić information content (AvgIpc) is 2.15. The molecule has 2 atom stereocenters. The lowest BCUT2D eigenvalue weighted by atomic mass is 10.2. The predicted octanol–water partition coefficient (Wildman–Crippen LogP) is -2.79. The van der Waals surface area contributed by atoms with Crippen molar-refractivity contribution in [1.82, 2.24) is 0 Å². The van der Waals surface area contributed by atoms with Gasteiger partial charge in [0.2, 0.25) is 0 Å². The number of carboxylic acids is 1. The van der Waals surface area contributed by atoms with Gasteiger partial charge in [0.15, 0.2) is 6.10 Å². The number of hydrogen-bond acceptors (Lipinski definition) is 7. The van der Waals surface area contributed by atoms with Crippen LogP contribution >= 0.6 is 0 Å². The van der Waals surface area contributed by atoms with Gasteiger partial charge in [-0.2, -0.15) is 0 Å². The van der Waals surface area contributed by atoms with E-state index in [2.05, 4.69) is 4.74 Å². The van der Waals surface area contributed by atoms with E-state index in [0.717, 1.165) is 0 Å². The van der Waals surface area contributed by atoms with Crippen LogP contribution in [0.25, 0.3) is 0 Å². The highest BCUT2D eigenvalue weighted by Gasteiger charge is 2.24. The lowest BCUT2D eigenvalue weighted by Gasteiger charge is -2.09. The molecule has 0 radical (unpaired) electrons. The molecule has 0 aliphatic carbocycles. The topological polar surface area (TPSA) is 147 Å². The molecule has 0 bridgehead atoms. The number of ether oxygens (including phenoxy) is 1. The zero-order valence-electron chi connectivity index (χ0n) is 7.62. The van der Waals surface area contributed by atoms with Crippen LogP contribution in [-0.4, -0.2) is 52.0 Å². The summed E-state index contributed by atoms with van der Waals surface area (Å²) in [4.78, 5) is 31.7. The third kappa shape index (κ3) is 5.05. The third-order valence-electron chi connectivity index (χ3n) is 1.34. The zero-order chi connectivity index (χ0) is 12.0. The van der Waals surface area contributed by atoms with Gasteiger partial charge >= 0.3 is 17.9 Å². The minimum atomic E-state index is -1.84. The summed E-state index contributed by atoms with van der Waals surface area (Å²) in [5.41, 5.74) is 5.06. The van der Waals surface area contributed by atoms with Gasteiger partial charge in [-0.25, -0.2) is 9.59 Å². The molecule has 0 aliphatic heterocycles. The van der Waals surface area contributed by atoms with Gasteiger partial charge < -0.3 is 25.8 Å². The molecular formula is C7H11NO7. The Bertz CT molecular complexity index is 264. The maximum Gasteiger partial charge on any atom is 0.345 e. The van der Waals surface area contributed by atoms with Crippen molar-refractivity contribution >= 4 is 17.9 Å². The number of aliphatic hydroxyl groups excluding tert-OH is 2. The molecule has 15 heavy (non-hydrogen) atoms. The lowest BCUT2D eigenvalue weighted by Crippen LogP contribution is -2.38. The first-order valence-corrected chi connectivity index (χ1v) is 3.90. The number of rotatable bonds is 5. The molecule has 0 aromatic heterocycles. The molecule has 0 spiro atoms. The molecule has 0 amide bonds. The molecule has 8 nitrogen and oxygen atoms in total. The number of aliphatic hydroxyl groups is 2. The molecule has 2 unspecified atom stereocenters. The third-order valence-corrected chi connectivity index (χ3v) is 1.34. The van der Waals surface area contributed by atoms with E-state index >= 15 is 0 Å². The summed E-state index contributed by atoms with van der Waals surface area (Å²) in [6.45, 7) is -0.902. The summed E-state index contributed by atoms with van der Waals surface area (Å²) in [5, 5.41) is 25.3. The summed E-state index contributed by atoms with van der Waals surface area (Å²) >= 11 is 0. The van der Waals surface area contributed by atoms with Gasteiger partial charge in [0.1, 0.15) is 6.04 Å². The molecule has 0 fully saturated rings. The number of carbonyl (C=O) groups is 3. The smallest absolute Gasteiger partial charge is 0.345 e. The minimum Gasteiger partial charge on any atom is -0.481 e. The summed E-state index contributed by atoms with van der Waals surface area (Å²) in [6.07, 6.45) is -2.53. The van der Waals surface area contributed by atoms with E-state index in [1.807, 2.05) is 0 Å². The fraction of sp³-hybridized carbons (Fsp3) is 0.571. The van der Waals surface area contributed by atoms with E-state index in [-0.39, 0.29) is 0 Å². The Morgan fingerprint density at radius 3 is 2.20 bits per heavy atom. The Morgan fingerprint density at radius 1 is 1.27 bits per heavy atom. The Morgan fingerprint density at radius 2 is 1.80 bits per heavy atom. The van der Waals surface area contributed by atoms with Gasteiger partial charge in [-0.15, -0.1) is 0 Å². The van der Waals surface area contributed by atoms with Crippen molar-refractivity contribution in [1.29, 1.82) is 0 Å². The first kappa shape index (κ1) is 13.5. The highest BCUT2D eigenvalue weighted by Crippen LogP contribution is 1.95. The van der Waals surface area contributed by atoms with Gasteiger partial charge in [0.25, 0.3) is 0 Å². The zero-order valence-corrected chi connectivity index (χ0v) is 7.62. The maximum absolute atomic E-state index is 10.9. The lowest BCUT2D eigenvalue weighted by molar-refractivity contribution is -0.168. The van der Waals surface area contributed by atoms with E-state index < -0.39 is 43.1 Å². The highest BCUT2D eigenvalue weighted by atomic mass is 16.6. The van der Waals surface area contributed by atoms with Crippen LogP contribution in [0.2, 0.25) is 0 Å². The van der Waals surface area contributed by atoms with Crippen LogP contribution in [0.1, 0.15) is 6.42 Å². The molecular weight excluding hydrogens is 210 g/mol. The molecule has 8 heteroatoms. The van der Waals surface area contributed by atoms with Gasteiger partial charge in [-0.3, -0.25) is 4.79 Å². The Kier molecular flexibility index (Phi) is 5.45. The van der Waals surface area contributed by atoms with E-state index in [9.17, 15) is 14.4 Å². The van der Waals surface area contributed by atoms with Crippen molar-refractivity contribution in [3.8, 4) is 0 Å². The summed E-state index contributed by atoms with van der Waals surface area (Å²) < 4.78 is 3.99. The average molecular weight is 221 g/mol. The van der Waals surface area contributed by atoms with Gasteiger partial charge in [-0.1, -0.05) is 0 Å². The first-order chi connectivity index (χ1) is 6.88. The number of nitrogens with two attached hydrogens (primary N) is 1. The van der Waals surface area contributed by atoms with E-state index in [1.54, 1.807) is 0 Å². The van der Waals surface area contributed by atoms with Gasteiger partial charge in [0, 0.05) is 0 Å². The van der Waals surface area contributed by atoms with Crippen molar-refractivity contribution < 1.29 is 34.4 Å². The summed E-state index contributed by atoms with van der Waals surface area (Å²) in [5.74, 6) is -3.96. The summed E-state index contributed by atoms with van der Waals surface area (Å²) in [6, 6.07) is -1.49. The van der Waals surface area contributed by atoms with Crippen molar-refractivity contribution in [2.75, 3.05) is 6.61 Å². The van der Waals surface area contributed by atoms with Crippen molar-refractivity contribution in [2.45, 2.75) is 18.6 Å². The largest absolute Gasteiger partial charge is 0.481 e. The number of carboxylic acid groups (broad SMARTS) is 1. The van der Waals surface area contributed by atoms with Crippen LogP contribution in [0.4, 0.5) is 0 Å². The van der Waals surface area contributed by atoms with E-state index in [4.69, 9.17) is 21.1 Å². The summed E-state index contributed by atoms with van der Waals surface area (Å²) in [7, 11) is 0. The fourth-order valence-corrected chi connectivity index (χ4v) is 0.589. The molecule has 86 valence electrons. The van der Waals surface area contributed by atoms with Crippen LogP contribution in [0.5, 0.6) is 0 Å². The van der Waals surface area contributed by atoms with Gasteiger partial charge in [-0.05, 0) is 0 Å². The SMILES string of the molecule is NC(CC(=O)O)C(=O)OC(=O)C(O)CO. The maximum atomic E-state index is 10.9. The molecule has 0 aromatic carbocycles. The monoisotopic (exact) mass is 221 g/mol. The second kappa shape index (κ2) is 6.06. The fourth-order valence-electron chi connectivity index (χ4n) is 0.589. The second-order valence-electron chi connectivity index (χ2n) is 2.64. The molecule has 5 N–H and O–H groups in total. The van der Waals surface area contributed by atoms with Crippen LogP contribution in [0.15, 0.2) is 0 Å². The molecule has 0 aliphatic rings. The number of carbonyl (C=O) groups excluding carboxylic acids is 2. The molecule has 0 heterocycles. The molecule has 0 saturated heterocycles. The van der Waals surface area contributed by atoms with Crippen LogP contribution in [0.3, 0.4) is 0 Å². The molecule has 0 saturated carbocycles. The van der Waals surface area contributed by atoms with Crippen LogP contribution in [0, 0.1) is 0 Å². The van der Waals surface area contributed by atoms with Crippen molar-refractivity contribution in [2.24, 2.45) is 5.73 Å². The molecule has 0 rings (SSSR count). The quantitative estimate of drug-likeness (QED) is 0.287. The Labute approximate surface area is 84.2 Å². The first-order valence-electron chi connectivity index (χ1n) is 3.90. The Hall–Kier alpha value is -1.51.